The normalized spacial score (nSPS) is 14.3. The van der Waals surface area contributed by atoms with Crippen LogP contribution in [-0.4, -0.2) is 60.6 Å². The average Bonchev–Trinajstić information content (AvgIpc) is 3.20. The molecule has 166 valence electrons. The minimum atomic E-state index is -0.0265. The summed E-state index contributed by atoms with van der Waals surface area (Å²) in [6, 6.07) is 8.22. The summed E-state index contributed by atoms with van der Waals surface area (Å²) >= 11 is 0. The van der Waals surface area contributed by atoms with Crippen molar-refractivity contribution in [2.24, 2.45) is 0 Å². The van der Waals surface area contributed by atoms with Gasteiger partial charge in [-0.15, -0.1) is 24.8 Å². The number of ether oxygens (including phenoxy) is 2. The Morgan fingerprint density at radius 1 is 1.23 bits per heavy atom. The maximum absolute atomic E-state index is 9.51. The Morgan fingerprint density at radius 3 is 2.65 bits per heavy atom. The van der Waals surface area contributed by atoms with Crippen LogP contribution in [0.2, 0.25) is 0 Å². The molecule has 3 aromatic rings. The third-order valence-electron chi connectivity index (χ3n) is 5.09. The number of nitrogens with zero attached hydrogens (tertiary/aromatic N) is 5. The van der Waals surface area contributed by atoms with Crippen LogP contribution >= 0.6 is 24.8 Å². The molecule has 1 fully saturated rings. The summed E-state index contributed by atoms with van der Waals surface area (Å²) in [6.45, 7) is 6.18. The van der Waals surface area contributed by atoms with Crippen molar-refractivity contribution in [2.75, 3.05) is 44.8 Å². The molecule has 3 aromatic heterocycles. The molecule has 0 amide bonds. The first-order valence-corrected chi connectivity index (χ1v) is 9.68. The molecule has 0 unspecified atom stereocenters. The molecular weight excluding hydrogens is 439 g/mol. The van der Waals surface area contributed by atoms with Crippen LogP contribution in [0.4, 0.5) is 5.82 Å². The molecule has 0 saturated carbocycles. The van der Waals surface area contributed by atoms with Crippen LogP contribution < -0.4 is 15.0 Å². The molecule has 0 radical (unpaired) electrons. The van der Waals surface area contributed by atoms with E-state index in [1.54, 1.807) is 24.0 Å². The Hall–Kier alpha value is -2.57. The van der Waals surface area contributed by atoms with E-state index in [-0.39, 0.29) is 30.9 Å². The molecule has 8 nitrogen and oxygen atoms in total. The van der Waals surface area contributed by atoms with Crippen molar-refractivity contribution in [3.63, 3.8) is 0 Å². The predicted molar refractivity (Wildman–Crippen MR) is 125 cm³/mol. The lowest BCUT2D eigenvalue weighted by Gasteiger charge is -2.28. The predicted octanol–water partition coefficient (Wildman–Crippen LogP) is 2.93. The van der Waals surface area contributed by atoms with Crippen LogP contribution in [0, 0.1) is 11.3 Å². The Balaban J connectivity index is 0.00000171. The van der Waals surface area contributed by atoms with Crippen molar-refractivity contribution in [1.29, 1.82) is 5.26 Å². The van der Waals surface area contributed by atoms with E-state index in [4.69, 9.17) is 9.47 Å². The molecule has 4 heterocycles. The minimum Gasteiger partial charge on any atom is -0.489 e. The lowest BCUT2D eigenvalue weighted by atomic mass is 10.1. The van der Waals surface area contributed by atoms with Crippen LogP contribution in [0.3, 0.4) is 0 Å². The lowest BCUT2D eigenvalue weighted by molar-refractivity contribution is 0.0715. The number of nitriles is 1. The molecule has 1 N–H and O–H groups in total. The molecule has 10 heteroatoms. The zero-order valence-corrected chi connectivity index (χ0v) is 19.1. The molecule has 0 aliphatic carbocycles. The maximum Gasteiger partial charge on any atom is 0.138 e. The van der Waals surface area contributed by atoms with Gasteiger partial charge in [0.05, 0.1) is 29.6 Å². The van der Waals surface area contributed by atoms with E-state index in [1.807, 2.05) is 31.3 Å². The number of nitrogens with one attached hydrogen (secondary N) is 1. The zero-order chi connectivity index (χ0) is 20.2. The number of aromatic nitrogens is 3. The summed E-state index contributed by atoms with van der Waals surface area (Å²) in [5.74, 6) is 1.62. The van der Waals surface area contributed by atoms with E-state index < -0.39 is 0 Å². The van der Waals surface area contributed by atoms with Gasteiger partial charge in [0.2, 0.25) is 0 Å². The Labute approximate surface area is 194 Å². The van der Waals surface area contributed by atoms with Gasteiger partial charge >= 0.3 is 0 Å². The summed E-state index contributed by atoms with van der Waals surface area (Å²) < 4.78 is 12.8. The maximum atomic E-state index is 9.51. The summed E-state index contributed by atoms with van der Waals surface area (Å²) in [4.78, 5) is 6.93. The number of fused-ring (bicyclic) bond motifs is 1. The van der Waals surface area contributed by atoms with Crippen LogP contribution in [0.15, 0.2) is 36.8 Å². The molecule has 1 aliphatic heterocycles. The quantitative estimate of drug-likeness (QED) is 0.599. The number of hydrogen-bond acceptors (Lipinski definition) is 7. The van der Waals surface area contributed by atoms with Gasteiger partial charge in [0.15, 0.2) is 0 Å². The number of methoxy groups -OCH3 is 1. The number of anilines is 1. The second kappa shape index (κ2) is 11.2. The second-order valence-corrected chi connectivity index (χ2v) is 7.05. The summed E-state index contributed by atoms with van der Waals surface area (Å²) in [5.41, 5.74) is 3.04. The molecule has 31 heavy (non-hydrogen) atoms. The summed E-state index contributed by atoms with van der Waals surface area (Å²) in [5, 5.41) is 17.2. The van der Waals surface area contributed by atoms with Gasteiger partial charge in [0, 0.05) is 50.6 Å². The van der Waals surface area contributed by atoms with Crippen molar-refractivity contribution < 1.29 is 9.47 Å². The topological polar surface area (TPSA) is 87.7 Å². The van der Waals surface area contributed by atoms with Crippen LogP contribution in [0.5, 0.6) is 5.75 Å². The Morgan fingerprint density at radius 2 is 2.00 bits per heavy atom. The summed E-state index contributed by atoms with van der Waals surface area (Å²) in [6.07, 6.45) is 5.18. The van der Waals surface area contributed by atoms with Crippen LogP contribution in [-0.2, 0) is 4.74 Å². The van der Waals surface area contributed by atoms with Crippen molar-refractivity contribution in [2.45, 2.75) is 13.0 Å². The Bertz CT molecular complexity index is 1030. The largest absolute Gasteiger partial charge is 0.489 e. The smallest absolute Gasteiger partial charge is 0.138 e. The van der Waals surface area contributed by atoms with Gasteiger partial charge in [-0.25, -0.2) is 9.50 Å². The van der Waals surface area contributed by atoms with E-state index in [1.165, 1.54) is 0 Å². The first-order chi connectivity index (χ1) is 14.2. The molecular formula is C21H26Cl2N6O2. The number of halogens is 2. The van der Waals surface area contributed by atoms with Gasteiger partial charge in [-0.2, -0.15) is 10.4 Å². The van der Waals surface area contributed by atoms with Crippen molar-refractivity contribution >= 4 is 36.1 Å². The number of piperazine rings is 1. The molecule has 1 saturated heterocycles. The fraction of sp³-hybridized carbons (Fsp3) is 0.381. The van der Waals surface area contributed by atoms with Gasteiger partial charge in [-0.3, -0.25) is 0 Å². The van der Waals surface area contributed by atoms with E-state index in [2.05, 4.69) is 26.4 Å². The fourth-order valence-electron chi connectivity index (χ4n) is 3.39. The molecule has 0 spiro atoms. The van der Waals surface area contributed by atoms with Gasteiger partial charge in [-0.1, -0.05) is 0 Å². The zero-order valence-electron chi connectivity index (χ0n) is 17.4. The highest BCUT2D eigenvalue weighted by molar-refractivity contribution is 5.86. The fourth-order valence-corrected chi connectivity index (χ4v) is 3.39. The molecule has 1 aliphatic rings. The first kappa shape index (κ1) is 24.7. The second-order valence-electron chi connectivity index (χ2n) is 7.05. The van der Waals surface area contributed by atoms with Crippen molar-refractivity contribution in [1.82, 2.24) is 19.9 Å². The summed E-state index contributed by atoms with van der Waals surface area (Å²) in [7, 11) is 1.65. The third-order valence-corrected chi connectivity index (χ3v) is 5.09. The molecule has 1 atom stereocenters. The molecule has 0 bridgehead atoms. The number of pyridine rings is 2. The van der Waals surface area contributed by atoms with E-state index in [0.29, 0.717) is 17.9 Å². The third kappa shape index (κ3) is 5.38. The van der Waals surface area contributed by atoms with Crippen LogP contribution in [0.1, 0.15) is 12.5 Å². The van der Waals surface area contributed by atoms with E-state index >= 15 is 0 Å². The SMILES string of the molecule is CO[C@@H](C)COc1cc(-c2ccc(N3CCNCC3)nc2)c2c(C#N)cnn2c1.Cl.Cl. The molecule has 0 aromatic carbocycles. The van der Waals surface area contributed by atoms with Crippen molar-refractivity contribution in [3.8, 4) is 22.9 Å². The van der Waals surface area contributed by atoms with Gasteiger partial charge < -0.3 is 19.7 Å². The van der Waals surface area contributed by atoms with Crippen molar-refractivity contribution in [3.05, 3.63) is 42.4 Å². The van der Waals surface area contributed by atoms with Gasteiger partial charge in [0.25, 0.3) is 0 Å². The standard InChI is InChI=1S/C21H24N6O2.2ClH/c1-15(28-2)14-29-18-9-19(21-17(10-22)12-25-27(21)13-18)16-3-4-20(24-11-16)26-7-5-23-6-8-26;;/h3-4,9,11-13,15,23H,5-8,14H2,1-2H3;2*1H/t15-;;/m0../s1. The monoisotopic (exact) mass is 464 g/mol. The Kier molecular flexibility index (Phi) is 8.89. The van der Waals surface area contributed by atoms with Gasteiger partial charge in [0.1, 0.15) is 24.2 Å². The van der Waals surface area contributed by atoms with Crippen LogP contribution in [0.25, 0.3) is 16.6 Å². The average molecular weight is 465 g/mol. The minimum absolute atomic E-state index is 0. The number of rotatable bonds is 6. The van der Waals surface area contributed by atoms with E-state index in [9.17, 15) is 5.26 Å². The highest BCUT2D eigenvalue weighted by atomic mass is 35.5. The van der Waals surface area contributed by atoms with Gasteiger partial charge in [-0.05, 0) is 25.1 Å². The first-order valence-electron chi connectivity index (χ1n) is 9.68. The van der Waals surface area contributed by atoms with E-state index in [0.717, 1.165) is 48.6 Å². The highest BCUT2D eigenvalue weighted by Gasteiger charge is 2.16. The lowest BCUT2D eigenvalue weighted by Crippen LogP contribution is -2.43. The molecule has 4 rings (SSSR count). The highest BCUT2D eigenvalue weighted by Crippen LogP contribution is 2.31. The number of hydrogen-bond donors (Lipinski definition) is 1.